The first-order valence-electron chi connectivity index (χ1n) is 8.60. The van der Waals surface area contributed by atoms with Gasteiger partial charge in [0.15, 0.2) is 5.65 Å². The lowest BCUT2D eigenvalue weighted by molar-refractivity contribution is 0.747. The van der Waals surface area contributed by atoms with Crippen LogP contribution in [0.3, 0.4) is 0 Å². The Morgan fingerprint density at radius 1 is 0.963 bits per heavy atom. The maximum absolute atomic E-state index is 12.7. The van der Waals surface area contributed by atoms with Crippen molar-refractivity contribution >= 4 is 22.1 Å². The molecule has 6 nitrogen and oxygen atoms in total. The number of nitrogens with one attached hydrogen (secondary N) is 1. The molecule has 0 aliphatic heterocycles. The van der Waals surface area contributed by atoms with Crippen LogP contribution in [0.15, 0.2) is 78.2 Å². The molecule has 5 aromatic rings. The zero-order valence-corrected chi connectivity index (χ0v) is 14.3. The van der Waals surface area contributed by atoms with E-state index in [4.69, 9.17) is 0 Å². The SMILES string of the molecule is O=c1c2cccnc2ncn1Cc1cccc(-c2cnc3[nH]ccc3c2)c1. The van der Waals surface area contributed by atoms with Crippen LogP contribution in [0.25, 0.3) is 33.2 Å². The molecule has 5 rings (SSSR count). The first-order chi connectivity index (χ1) is 13.3. The van der Waals surface area contributed by atoms with Gasteiger partial charge in [0, 0.05) is 29.5 Å². The number of hydrogen-bond donors (Lipinski definition) is 1. The predicted octanol–water partition coefficient (Wildman–Crippen LogP) is 3.38. The van der Waals surface area contributed by atoms with Crippen molar-refractivity contribution in [2.24, 2.45) is 0 Å². The Balaban J connectivity index is 1.52. The van der Waals surface area contributed by atoms with Gasteiger partial charge in [-0.3, -0.25) is 9.36 Å². The second kappa shape index (κ2) is 6.17. The summed E-state index contributed by atoms with van der Waals surface area (Å²) in [5, 5.41) is 1.60. The molecule has 4 aromatic heterocycles. The fraction of sp³-hybridized carbons (Fsp3) is 0.0476. The lowest BCUT2D eigenvalue weighted by Crippen LogP contribution is -2.21. The maximum atomic E-state index is 12.7. The van der Waals surface area contributed by atoms with Gasteiger partial charge in [0.05, 0.1) is 11.9 Å². The summed E-state index contributed by atoms with van der Waals surface area (Å²) in [6, 6.07) is 15.7. The highest BCUT2D eigenvalue weighted by Gasteiger charge is 2.07. The molecule has 6 heteroatoms. The lowest BCUT2D eigenvalue weighted by Gasteiger charge is -2.08. The second-order valence-electron chi connectivity index (χ2n) is 6.39. The van der Waals surface area contributed by atoms with Gasteiger partial charge in [-0.15, -0.1) is 0 Å². The van der Waals surface area contributed by atoms with E-state index in [2.05, 4.69) is 32.1 Å². The van der Waals surface area contributed by atoms with Gasteiger partial charge in [-0.05, 0) is 41.5 Å². The molecule has 0 atom stereocenters. The Labute approximate surface area is 154 Å². The molecule has 1 aromatic carbocycles. The number of aromatic nitrogens is 5. The lowest BCUT2D eigenvalue weighted by atomic mass is 10.0. The van der Waals surface area contributed by atoms with Gasteiger partial charge >= 0.3 is 0 Å². The van der Waals surface area contributed by atoms with Crippen LogP contribution in [0.1, 0.15) is 5.56 Å². The van der Waals surface area contributed by atoms with Crippen LogP contribution in [0, 0.1) is 0 Å². The van der Waals surface area contributed by atoms with Crippen LogP contribution in [0.5, 0.6) is 0 Å². The summed E-state index contributed by atoms with van der Waals surface area (Å²) >= 11 is 0. The van der Waals surface area contributed by atoms with E-state index in [-0.39, 0.29) is 5.56 Å². The average molecular weight is 353 g/mol. The summed E-state index contributed by atoms with van der Waals surface area (Å²) in [4.78, 5) is 28.6. The average Bonchev–Trinajstić information content (AvgIpc) is 3.18. The number of rotatable bonds is 3. The third-order valence-corrected chi connectivity index (χ3v) is 4.61. The number of benzene rings is 1. The van der Waals surface area contributed by atoms with Gasteiger partial charge in [0.2, 0.25) is 0 Å². The van der Waals surface area contributed by atoms with Crippen LogP contribution >= 0.6 is 0 Å². The van der Waals surface area contributed by atoms with Crippen molar-refractivity contribution in [2.75, 3.05) is 0 Å². The van der Waals surface area contributed by atoms with Crippen molar-refractivity contribution in [3.05, 3.63) is 89.4 Å². The molecule has 27 heavy (non-hydrogen) atoms. The molecule has 0 unspecified atom stereocenters. The van der Waals surface area contributed by atoms with Crippen molar-refractivity contribution < 1.29 is 0 Å². The Kier molecular flexibility index (Phi) is 3.53. The van der Waals surface area contributed by atoms with E-state index in [0.717, 1.165) is 27.7 Å². The summed E-state index contributed by atoms with van der Waals surface area (Å²) in [6.07, 6.45) is 6.93. The third kappa shape index (κ3) is 2.77. The molecule has 0 radical (unpaired) electrons. The minimum atomic E-state index is -0.0890. The summed E-state index contributed by atoms with van der Waals surface area (Å²) in [6.45, 7) is 0.449. The highest BCUT2D eigenvalue weighted by atomic mass is 16.1. The van der Waals surface area contributed by atoms with E-state index in [9.17, 15) is 4.79 Å². The summed E-state index contributed by atoms with van der Waals surface area (Å²) in [5.41, 5.74) is 4.38. The highest BCUT2D eigenvalue weighted by Crippen LogP contribution is 2.23. The number of fused-ring (bicyclic) bond motifs is 2. The molecule has 0 amide bonds. The fourth-order valence-corrected chi connectivity index (χ4v) is 3.25. The van der Waals surface area contributed by atoms with Crippen LogP contribution in [0.2, 0.25) is 0 Å². The van der Waals surface area contributed by atoms with E-state index < -0.39 is 0 Å². The third-order valence-electron chi connectivity index (χ3n) is 4.61. The Morgan fingerprint density at radius 3 is 2.89 bits per heavy atom. The quantitative estimate of drug-likeness (QED) is 0.539. The molecule has 0 bridgehead atoms. The molecular formula is C21H15N5O. The number of pyridine rings is 2. The summed E-state index contributed by atoms with van der Waals surface area (Å²) < 4.78 is 1.61. The molecule has 130 valence electrons. The van der Waals surface area contributed by atoms with Crippen LogP contribution < -0.4 is 5.56 Å². The Hall–Kier alpha value is -3.80. The largest absolute Gasteiger partial charge is 0.346 e. The first-order valence-corrected chi connectivity index (χ1v) is 8.60. The van der Waals surface area contributed by atoms with Crippen molar-refractivity contribution in [1.82, 2.24) is 24.5 Å². The minimum absolute atomic E-state index is 0.0890. The molecule has 0 aliphatic carbocycles. The molecule has 0 saturated heterocycles. The number of nitrogens with zero attached hydrogens (tertiary/aromatic N) is 4. The summed E-state index contributed by atoms with van der Waals surface area (Å²) in [7, 11) is 0. The number of aromatic amines is 1. The minimum Gasteiger partial charge on any atom is -0.346 e. The van der Waals surface area contributed by atoms with Crippen molar-refractivity contribution in [2.45, 2.75) is 6.54 Å². The smallest absolute Gasteiger partial charge is 0.263 e. The van der Waals surface area contributed by atoms with Gasteiger partial charge < -0.3 is 4.98 Å². The zero-order chi connectivity index (χ0) is 18.2. The van der Waals surface area contributed by atoms with E-state index in [1.165, 1.54) is 0 Å². The van der Waals surface area contributed by atoms with Gasteiger partial charge in [-0.1, -0.05) is 18.2 Å². The molecular weight excluding hydrogens is 338 g/mol. The van der Waals surface area contributed by atoms with Crippen molar-refractivity contribution in [1.29, 1.82) is 0 Å². The van der Waals surface area contributed by atoms with E-state index >= 15 is 0 Å². The van der Waals surface area contributed by atoms with Crippen molar-refractivity contribution in [3.63, 3.8) is 0 Å². The van der Waals surface area contributed by atoms with Crippen LogP contribution in [-0.2, 0) is 6.54 Å². The standard InChI is InChI=1S/C21H15N5O/c27-21-18-5-2-7-22-20(18)25-13-26(21)12-14-3-1-4-15(9-14)17-10-16-6-8-23-19(16)24-11-17/h1-11,13H,12H2,(H,23,24). The van der Waals surface area contributed by atoms with E-state index in [0.29, 0.717) is 17.6 Å². The van der Waals surface area contributed by atoms with Gasteiger partial charge in [-0.2, -0.15) is 0 Å². The summed E-state index contributed by atoms with van der Waals surface area (Å²) in [5.74, 6) is 0. The zero-order valence-electron chi connectivity index (χ0n) is 14.3. The Bertz CT molecular complexity index is 1340. The molecule has 0 spiro atoms. The molecule has 1 N–H and O–H groups in total. The van der Waals surface area contributed by atoms with Crippen molar-refractivity contribution in [3.8, 4) is 11.1 Å². The van der Waals surface area contributed by atoms with Crippen LogP contribution in [0.4, 0.5) is 0 Å². The predicted molar refractivity (Wildman–Crippen MR) is 104 cm³/mol. The second-order valence-corrected chi connectivity index (χ2v) is 6.39. The maximum Gasteiger partial charge on any atom is 0.263 e. The normalized spacial score (nSPS) is 11.3. The molecule has 4 heterocycles. The van der Waals surface area contributed by atoms with E-state index in [1.807, 2.05) is 36.7 Å². The molecule has 0 fully saturated rings. The van der Waals surface area contributed by atoms with E-state index in [1.54, 1.807) is 29.2 Å². The molecule has 0 saturated carbocycles. The number of hydrogen-bond acceptors (Lipinski definition) is 4. The fourth-order valence-electron chi connectivity index (χ4n) is 3.25. The molecule has 0 aliphatic rings. The van der Waals surface area contributed by atoms with Gasteiger partial charge in [0.1, 0.15) is 12.0 Å². The van der Waals surface area contributed by atoms with Gasteiger partial charge in [-0.25, -0.2) is 15.0 Å². The number of H-pyrrole nitrogens is 1. The monoisotopic (exact) mass is 353 g/mol. The first kappa shape index (κ1) is 15.5. The van der Waals surface area contributed by atoms with Gasteiger partial charge in [0.25, 0.3) is 5.56 Å². The Morgan fingerprint density at radius 2 is 1.93 bits per heavy atom. The topological polar surface area (TPSA) is 76.5 Å². The van der Waals surface area contributed by atoms with Crippen LogP contribution in [-0.4, -0.2) is 24.5 Å². The highest BCUT2D eigenvalue weighted by molar-refractivity contribution is 5.81.